The number of hydrogen-bond donors (Lipinski definition) is 0. The van der Waals surface area contributed by atoms with Crippen LogP contribution >= 0.6 is 12.2 Å². The molecule has 0 radical (unpaired) electrons. The average Bonchev–Trinajstić information content (AvgIpc) is 2.23. The van der Waals surface area contributed by atoms with Crippen molar-refractivity contribution in [3.63, 3.8) is 0 Å². The monoisotopic (exact) mass is 253 g/mol. The molecule has 0 spiro atoms. The summed E-state index contributed by atoms with van der Waals surface area (Å²) < 4.78 is 47.1. The number of nitriles is 1. The molecule has 0 unspecified atom stereocenters. The number of methoxy groups -OCH3 is 2. The smallest absolute Gasteiger partial charge is 0.356 e. The molecule has 0 N–H and O–H groups in total. The molecule has 0 bridgehead atoms. The number of allylic oxidation sites excluding steroid dienone is 1. The van der Waals surface area contributed by atoms with E-state index in [9.17, 15) is 13.2 Å². The van der Waals surface area contributed by atoms with Gasteiger partial charge in [-0.25, -0.2) is 0 Å². The molecule has 0 aliphatic rings. The van der Waals surface area contributed by atoms with E-state index in [0.717, 1.165) is 0 Å². The maximum absolute atomic E-state index is 12.6. The molecular weight excluding hydrogens is 243 g/mol. The molecule has 0 aromatic carbocycles. The summed E-state index contributed by atoms with van der Waals surface area (Å²) >= 11 is 4.36. The van der Waals surface area contributed by atoms with Crippen molar-refractivity contribution in [2.45, 2.75) is 18.9 Å². The number of nitrogens with zero attached hydrogens (tertiary/aromatic N) is 1. The Morgan fingerprint density at radius 2 is 1.94 bits per heavy atom. The normalized spacial score (nSPS) is 13.3. The lowest BCUT2D eigenvalue weighted by Crippen LogP contribution is -2.22. The molecule has 0 saturated heterocycles. The standard InChI is InChI=1S/C9H10F3NO2S/c1-14-8(15-2)3-7(9(10,11)12)6(4-13)5-16/h5,8H,3H2,1-2H3. The van der Waals surface area contributed by atoms with Gasteiger partial charge in [0.1, 0.15) is 6.07 Å². The van der Waals surface area contributed by atoms with Crippen molar-refractivity contribution in [1.82, 2.24) is 0 Å². The summed E-state index contributed by atoms with van der Waals surface area (Å²) in [6.07, 6.45) is -6.27. The lowest BCUT2D eigenvalue weighted by molar-refractivity contribution is -0.129. The topological polar surface area (TPSA) is 42.2 Å². The van der Waals surface area contributed by atoms with Crippen LogP contribution in [-0.2, 0) is 9.47 Å². The fraction of sp³-hybridized carbons (Fsp3) is 0.556. The van der Waals surface area contributed by atoms with Gasteiger partial charge in [-0.15, -0.1) is 0 Å². The van der Waals surface area contributed by atoms with Crippen molar-refractivity contribution in [2.75, 3.05) is 14.2 Å². The van der Waals surface area contributed by atoms with Gasteiger partial charge in [0.05, 0.1) is 11.1 Å². The Bertz CT molecular complexity index is 316. The lowest BCUT2D eigenvalue weighted by atomic mass is 10.1. The average molecular weight is 253 g/mol. The third-order valence-electron chi connectivity index (χ3n) is 1.80. The van der Waals surface area contributed by atoms with Crippen molar-refractivity contribution in [2.24, 2.45) is 0 Å². The first kappa shape index (κ1) is 15.0. The maximum atomic E-state index is 12.6. The van der Waals surface area contributed by atoms with E-state index >= 15 is 0 Å². The number of alkyl halides is 3. The zero-order chi connectivity index (χ0) is 12.8. The molecular formula is C9H10F3NO2S. The van der Waals surface area contributed by atoms with Crippen molar-refractivity contribution >= 4 is 17.6 Å². The van der Waals surface area contributed by atoms with Crippen LogP contribution in [0.15, 0.2) is 11.1 Å². The molecule has 7 heteroatoms. The van der Waals surface area contributed by atoms with Crippen molar-refractivity contribution in [3.05, 3.63) is 11.1 Å². The second kappa shape index (κ2) is 6.58. The molecule has 0 aromatic heterocycles. The van der Waals surface area contributed by atoms with Gasteiger partial charge in [-0.2, -0.15) is 18.4 Å². The quantitative estimate of drug-likeness (QED) is 0.326. The van der Waals surface area contributed by atoms with E-state index in [1.807, 2.05) is 0 Å². The Hall–Kier alpha value is -0.970. The van der Waals surface area contributed by atoms with Gasteiger partial charge in [0, 0.05) is 26.0 Å². The predicted octanol–water partition coefficient (Wildman–Crippen LogP) is 2.38. The Kier molecular flexibility index (Phi) is 6.18. The molecule has 3 nitrogen and oxygen atoms in total. The van der Waals surface area contributed by atoms with Crippen LogP contribution in [-0.4, -0.2) is 32.1 Å². The zero-order valence-corrected chi connectivity index (χ0v) is 9.48. The van der Waals surface area contributed by atoms with Crippen LogP contribution in [0.25, 0.3) is 0 Å². The van der Waals surface area contributed by atoms with E-state index in [1.54, 1.807) is 0 Å². The summed E-state index contributed by atoms with van der Waals surface area (Å²) in [5.41, 5.74) is -1.64. The number of rotatable bonds is 5. The van der Waals surface area contributed by atoms with E-state index in [1.165, 1.54) is 20.3 Å². The second-order valence-electron chi connectivity index (χ2n) is 2.72. The molecule has 0 aliphatic heterocycles. The minimum absolute atomic E-state index is 0.577. The first-order valence-corrected chi connectivity index (χ1v) is 4.59. The fourth-order valence-corrected chi connectivity index (χ4v) is 1.17. The summed E-state index contributed by atoms with van der Waals surface area (Å²) in [6, 6.07) is 1.40. The van der Waals surface area contributed by atoms with E-state index in [0.29, 0.717) is 5.37 Å². The van der Waals surface area contributed by atoms with Gasteiger partial charge in [0.25, 0.3) is 0 Å². The largest absolute Gasteiger partial charge is 0.414 e. The number of thiocarbonyl (C=S) groups is 1. The summed E-state index contributed by atoms with van der Waals surface area (Å²) in [6.45, 7) is 0. The van der Waals surface area contributed by atoms with Gasteiger partial charge in [0.15, 0.2) is 6.29 Å². The van der Waals surface area contributed by atoms with E-state index < -0.39 is 30.0 Å². The van der Waals surface area contributed by atoms with Crippen LogP contribution in [0.3, 0.4) is 0 Å². The number of halogens is 3. The first-order chi connectivity index (χ1) is 7.40. The van der Waals surface area contributed by atoms with Crippen LogP contribution in [0.4, 0.5) is 13.2 Å². The lowest BCUT2D eigenvalue weighted by Gasteiger charge is -2.18. The summed E-state index contributed by atoms with van der Waals surface area (Å²) in [7, 11) is 2.43. The molecule has 0 aliphatic carbocycles. The molecule has 0 heterocycles. The summed E-state index contributed by atoms with van der Waals surface area (Å²) in [4.78, 5) is 0. The maximum Gasteiger partial charge on any atom is 0.414 e. The van der Waals surface area contributed by atoms with Gasteiger partial charge in [-0.05, 0) is 0 Å². The van der Waals surface area contributed by atoms with Crippen LogP contribution in [0.2, 0.25) is 0 Å². The fourth-order valence-electron chi connectivity index (χ4n) is 0.973. The van der Waals surface area contributed by atoms with Gasteiger partial charge in [-0.3, -0.25) is 0 Å². The summed E-state index contributed by atoms with van der Waals surface area (Å²) in [5.74, 6) is 0. The first-order valence-electron chi connectivity index (χ1n) is 4.11. The van der Waals surface area contributed by atoms with Crippen molar-refractivity contribution < 1.29 is 22.6 Å². The molecule has 0 saturated carbocycles. The molecule has 0 rings (SSSR count). The minimum atomic E-state index is -4.63. The Morgan fingerprint density at radius 1 is 1.44 bits per heavy atom. The van der Waals surface area contributed by atoms with Gasteiger partial charge < -0.3 is 9.47 Å². The van der Waals surface area contributed by atoms with E-state index in [-0.39, 0.29) is 0 Å². The Balaban J connectivity index is 5.21. The molecule has 16 heavy (non-hydrogen) atoms. The molecule has 90 valence electrons. The number of hydrogen-bond acceptors (Lipinski definition) is 4. The van der Waals surface area contributed by atoms with E-state index in [2.05, 4.69) is 21.7 Å². The second-order valence-corrected chi connectivity index (χ2v) is 2.96. The predicted molar refractivity (Wildman–Crippen MR) is 54.8 cm³/mol. The van der Waals surface area contributed by atoms with Crippen molar-refractivity contribution in [3.8, 4) is 6.07 Å². The van der Waals surface area contributed by atoms with E-state index in [4.69, 9.17) is 5.26 Å². The highest BCUT2D eigenvalue weighted by Gasteiger charge is 2.37. The zero-order valence-electron chi connectivity index (χ0n) is 8.67. The van der Waals surface area contributed by atoms with Crippen LogP contribution < -0.4 is 0 Å². The molecule has 0 atom stereocenters. The molecule has 0 fully saturated rings. The third kappa shape index (κ3) is 4.26. The third-order valence-corrected chi connectivity index (χ3v) is 2.04. The SMILES string of the molecule is COC(CC(=C(C#N)C=S)C(F)(F)F)OC. The van der Waals surface area contributed by atoms with Crippen LogP contribution in [0, 0.1) is 11.3 Å². The van der Waals surface area contributed by atoms with Gasteiger partial charge >= 0.3 is 6.18 Å². The molecule has 0 amide bonds. The minimum Gasteiger partial charge on any atom is -0.356 e. The molecule has 0 aromatic rings. The summed E-state index contributed by atoms with van der Waals surface area (Å²) in [5, 5.41) is 9.23. The van der Waals surface area contributed by atoms with Gasteiger partial charge in [0.2, 0.25) is 0 Å². The Labute approximate surface area is 96.4 Å². The highest BCUT2D eigenvalue weighted by Crippen LogP contribution is 2.31. The van der Waals surface area contributed by atoms with Crippen molar-refractivity contribution in [1.29, 1.82) is 5.26 Å². The van der Waals surface area contributed by atoms with Gasteiger partial charge in [-0.1, -0.05) is 12.2 Å². The Morgan fingerprint density at radius 3 is 2.19 bits per heavy atom. The number of ether oxygens (including phenoxy) is 2. The highest BCUT2D eigenvalue weighted by molar-refractivity contribution is 7.79. The van der Waals surface area contributed by atoms with Crippen LogP contribution in [0.5, 0.6) is 0 Å². The van der Waals surface area contributed by atoms with Crippen LogP contribution in [0.1, 0.15) is 6.42 Å². The highest BCUT2D eigenvalue weighted by atomic mass is 32.1.